The normalized spacial score (nSPS) is 14.2. The Balaban J connectivity index is 4.24. The molecule has 7 heteroatoms. The zero-order valence-corrected chi connectivity index (χ0v) is 16.9. The van der Waals surface area contributed by atoms with E-state index in [1.807, 2.05) is 6.92 Å². The summed E-state index contributed by atoms with van der Waals surface area (Å²) in [6.45, 7) is 6.44. The highest BCUT2D eigenvalue weighted by Gasteiger charge is 2.26. The average molecular weight is 381 g/mol. The van der Waals surface area contributed by atoms with Crippen molar-refractivity contribution in [2.24, 2.45) is 5.92 Å². The fourth-order valence-corrected chi connectivity index (χ4v) is 3.12. The molecule has 2 atom stereocenters. The maximum absolute atomic E-state index is 12.1. The van der Waals surface area contributed by atoms with Crippen molar-refractivity contribution in [3.05, 3.63) is 0 Å². The number of rotatable bonds is 16. The van der Waals surface area contributed by atoms with Gasteiger partial charge in [-0.3, -0.25) is 4.55 Å². The molecule has 0 fully saturated rings. The van der Waals surface area contributed by atoms with Gasteiger partial charge >= 0.3 is 16.4 Å². The van der Waals surface area contributed by atoms with Crippen LogP contribution in [-0.4, -0.2) is 31.7 Å². The second-order valence-corrected chi connectivity index (χ2v) is 7.66. The van der Waals surface area contributed by atoms with Crippen LogP contribution in [0.3, 0.4) is 0 Å². The van der Waals surface area contributed by atoms with Gasteiger partial charge in [0.2, 0.25) is 0 Å². The maximum atomic E-state index is 12.1. The number of unbranched alkanes of at least 4 members (excludes halogenated alkanes) is 6. The van der Waals surface area contributed by atoms with Gasteiger partial charge in [0.1, 0.15) is 0 Å². The van der Waals surface area contributed by atoms with E-state index in [1.54, 1.807) is 0 Å². The highest BCUT2D eigenvalue weighted by atomic mass is 32.3. The number of ether oxygens (including phenoxy) is 1. The molecule has 0 aliphatic carbocycles. The van der Waals surface area contributed by atoms with Crippen LogP contribution >= 0.6 is 0 Å². The van der Waals surface area contributed by atoms with Crippen LogP contribution in [0.15, 0.2) is 0 Å². The molecule has 0 aromatic heterocycles. The van der Waals surface area contributed by atoms with Crippen LogP contribution < -0.4 is 0 Å². The van der Waals surface area contributed by atoms with Crippen molar-refractivity contribution in [1.82, 2.24) is 0 Å². The molecular weight excluding hydrogens is 344 g/mol. The Morgan fingerprint density at radius 2 is 1.52 bits per heavy atom. The first kappa shape index (κ1) is 24.3. The van der Waals surface area contributed by atoms with Crippen LogP contribution in [-0.2, 0) is 24.1 Å². The zero-order chi connectivity index (χ0) is 19.1. The fraction of sp³-hybridized carbons (Fsp3) is 0.944. The summed E-state index contributed by atoms with van der Waals surface area (Å²) in [5.41, 5.74) is 0. The molecule has 0 heterocycles. The average Bonchev–Trinajstić information content (AvgIpc) is 2.56. The van der Waals surface area contributed by atoms with Crippen molar-refractivity contribution in [2.45, 2.75) is 97.5 Å². The molecule has 0 radical (unpaired) electrons. The van der Waals surface area contributed by atoms with Crippen molar-refractivity contribution in [3.63, 3.8) is 0 Å². The van der Waals surface area contributed by atoms with Crippen LogP contribution in [0.1, 0.15) is 91.4 Å². The molecule has 0 aliphatic rings. The number of carbonyl (C=O) groups excluding carboxylic acids is 1. The molecule has 25 heavy (non-hydrogen) atoms. The summed E-state index contributed by atoms with van der Waals surface area (Å²) in [6.07, 6.45) is 9.58. The molecule has 150 valence electrons. The van der Waals surface area contributed by atoms with Gasteiger partial charge in [-0.25, -0.2) is 8.98 Å². The van der Waals surface area contributed by atoms with Gasteiger partial charge in [0.05, 0.1) is 6.61 Å². The summed E-state index contributed by atoms with van der Waals surface area (Å²) in [4.78, 5) is 12.1. The minimum absolute atomic E-state index is 0.212. The van der Waals surface area contributed by atoms with E-state index in [0.29, 0.717) is 6.42 Å². The molecule has 2 unspecified atom stereocenters. The molecule has 1 N–H and O–H groups in total. The molecule has 0 saturated carbocycles. The molecule has 6 nitrogen and oxygen atoms in total. The molecular formula is C18H36O6S. The molecule has 0 spiro atoms. The van der Waals surface area contributed by atoms with Gasteiger partial charge in [0.15, 0.2) is 6.10 Å². The van der Waals surface area contributed by atoms with Gasteiger partial charge in [-0.05, 0) is 18.8 Å². The zero-order valence-electron chi connectivity index (χ0n) is 16.0. The molecule has 0 bridgehead atoms. The van der Waals surface area contributed by atoms with Gasteiger partial charge < -0.3 is 4.74 Å². The minimum Gasteiger partial charge on any atom is -0.463 e. The van der Waals surface area contributed by atoms with Crippen LogP contribution in [0, 0.1) is 5.92 Å². The SMILES string of the molecule is CCCCCCCCC(CC)COC(=O)C(CCCC)OS(=O)(=O)O. The topological polar surface area (TPSA) is 89.9 Å². The Morgan fingerprint density at radius 3 is 2.08 bits per heavy atom. The van der Waals surface area contributed by atoms with Crippen molar-refractivity contribution in [3.8, 4) is 0 Å². The van der Waals surface area contributed by atoms with E-state index in [1.165, 1.54) is 32.1 Å². The lowest BCUT2D eigenvalue weighted by atomic mass is 9.98. The predicted octanol–water partition coefficient (Wildman–Crippen LogP) is 4.68. The lowest BCUT2D eigenvalue weighted by Crippen LogP contribution is -2.30. The van der Waals surface area contributed by atoms with Crippen LogP contribution in [0.4, 0.5) is 0 Å². The molecule has 0 aromatic carbocycles. The molecule has 0 amide bonds. The Hall–Kier alpha value is -0.660. The van der Waals surface area contributed by atoms with Crippen LogP contribution in [0.5, 0.6) is 0 Å². The fourth-order valence-electron chi connectivity index (χ4n) is 2.65. The maximum Gasteiger partial charge on any atom is 0.398 e. The molecule has 0 rings (SSSR count). The standard InChI is InChI=1S/C18H36O6S/c1-4-7-9-10-11-12-13-16(6-3)15-23-18(19)17(14-8-5-2)24-25(20,21)22/h16-17H,4-15H2,1-3H3,(H,20,21,22). The summed E-state index contributed by atoms with van der Waals surface area (Å²) in [6, 6.07) is 0. The third kappa shape index (κ3) is 14.2. The van der Waals surface area contributed by atoms with Crippen molar-refractivity contribution < 1.29 is 26.7 Å². The van der Waals surface area contributed by atoms with E-state index in [0.717, 1.165) is 25.7 Å². The second kappa shape index (κ2) is 14.5. The molecule has 0 aliphatic heterocycles. The monoisotopic (exact) mass is 380 g/mol. The number of esters is 1. The van der Waals surface area contributed by atoms with Gasteiger partial charge in [0, 0.05) is 0 Å². The van der Waals surface area contributed by atoms with Gasteiger partial charge in [-0.1, -0.05) is 78.6 Å². The Morgan fingerprint density at radius 1 is 0.920 bits per heavy atom. The van der Waals surface area contributed by atoms with Crippen LogP contribution in [0.2, 0.25) is 0 Å². The highest BCUT2D eigenvalue weighted by molar-refractivity contribution is 7.80. The largest absolute Gasteiger partial charge is 0.463 e. The van der Waals surface area contributed by atoms with Crippen molar-refractivity contribution in [2.75, 3.05) is 6.61 Å². The highest BCUT2D eigenvalue weighted by Crippen LogP contribution is 2.17. The first-order valence-corrected chi connectivity index (χ1v) is 11.0. The summed E-state index contributed by atoms with van der Waals surface area (Å²) in [5, 5.41) is 0. The van der Waals surface area contributed by atoms with Crippen LogP contribution in [0.25, 0.3) is 0 Å². The van der Waals surface area contributed by atoms with E-state index in [9.17, 15) is 13.2 Å². The van der Waals surface area contributed by atoms with E-state index < -0.39 is 22.5 Å². The van der Waals surface area contributed by atoms with Gasteiger partial charge in [-0.15, -0.1) is 0 Å². The van der Waals surface area contributed by atoms with Gasteiger partial charge in [-0.2, -0.15) is 8.42 Å². The molecule has 0 aromatic rings. The summed E-state index contributed by atoms with van der Waals surface area (Å²) < 4.78 is 40.3. The molecule has 0 saturated heterocycles. The number of carbonyl (C=O) groups is 1. The summed E-state index contributed by atoms with van der Waals surface area (Å²) in [7, 11) is -4.67. The number of hydrogen-bond donors (Lipinski definition) is 1. The Labute approximate surface area is 153 Å². The van der Waals surface area contributed by atoms with E-state index in [-0.39, 0.29) is 18.9 Å². The number of hydrogen-bond acceptors (Lipinski definition) is 5. The third-order valence-electron chi connectivity index (χ3n) is 4.33. The quantitative estimate of drug-likeness (QED) is 0.237. The smallest absolute Gasteiger partial charge is 0.398 e. The van der Waals surface area contributed by atoms with E-state index in [4.69, 9.17) is 9.29 Å². The predicted molar refractivity (Wildman–Crippen MR) is 98.7 cm³/mol. The van der Waals surface area contributed by atoms with Crippen molar-refractivity contribution >= 4 is 16.4 Å². The van der Waals surface area contributed by atoms with Crippen molar-refractivity contribution in [1.29, 1.82) is 0 Å². The lowest BCUT2D eigenvalue weighted by molar-refractivity contribution is -0.154. The Bertz CT molecular complexity index is 435. The Kier molecular flexibility index (Phi) is 14.1. The summed E-state index contributed by atoms with van der Waals surface area (Å²) >= 11 is 0. The first-order valence-electron chi connectivity index (χ1n) is 9.66. The third-order valence-corrected chi connectivity index (χ3v) is 4.80. The van der Waals surface area contributed by atoms with E-state index >= 15 is 0 Å². The lowest BCUT2D eigenvalue weighted by Gasteiger charge is -2.18. The van der Waals surface area contributed by atoms with E-state index in [2.05, 4.69) is 18.0 Å². The minimum atomic E-state index is -4.67. The van der Waals surface area contributed by atoms with Gasteiger partial charge in [0.25, 0.3) is 0 Å². The first-order chi connectivity index (χ1) is 11.8. The second-order valence-electron chi connectivity index (χ2n) is 6.62. The summed E-state index contributed by atoms with van der Waals surface area (Å²) in [5.74, 6) is -0.444.